The van der Waals surface area contributed by atoms with Crippen LogP contribution in [-0.2, 0) is 26.0 Å². The van der Waals surface area contributed by atoms with Crippen molar-refractivity contribution >= 4 is 32.5 Å². The summed E-state index contributed by atoms with van der Waals surface area (Å²) in [5.74, 6) is -0.350. The maximum atomic E-state index is 11.1. The van der Waals surface area contributed by atoms with Gasteiger partial charge in [-0.15, -0.1) is 11.3 Å². The van der Waals surface area contributed by atoms with Crippen molar-refractivity contribution in [2.45, 2.75) is 13.3 Å². The molecule has 0 atom stereocenters. The van der Waals surface area contributed by atoms with Crippen molar-refractivity contribution < 1.29 is 17.9 Å². The number of nitrogens with one attached hydrogen (secondary N) is 1. The number of hydrogen-bond donors (Lipinski definition) is 1. The molecule has 0 aromatic carbocycles. The molecule has 1 aromatic rings. The molecule has 0 radical (unpaired) electrons. The predicted molar refractivity (Wildman–Crippen MR) is 60.9 cm³/mol. The third-order valence-corrected chi connectivity index (χ3v) is 3.06. The van der Waals surface area contributed by atoms with E-state index in [1.54, 1.807) is 6.92 Å². The van der Waals surface area contributed by atoms with E-state index in [4.69, 9.17) is 4.74 Å². The average Bonchev–Trinajstić information content (AvgIpc) is 2.49. The van der Waals surface area contributed by atoms with Crippen LogP contribution in [0.3, 0.4) is 0 Å². The van der Waals surface area contributed by atoms with Crippen molar-refractivity contribution in [1.82, 2.24) is 4.98 Å². The number of rotatable bonds is 5. The van der Waals surface area contributed by atoms with Crippen molar-refractivity contribution in [2.24, 2.45) is 0 Å². The Balaban J connectivity index is 2.62. The summed E-state index contributed by atoms with van der Waals surface area (Å²) in [6, 6.07) is 0. The monoisotopic (exact) mass is 264 g/mol. The fourth-order valence-electron chi connectivity index (χ4n) is 0.949. The predicted octanol–water partition coefficient (Wildman–Crippen LogP) is 0.620. The second kappa shape index (κ2) is 5.26. The van der Waals surface area contributed by atoms with Gasteiger partial charge in [-0.05, 0) is 6.92 Å². The Kier molecular flexibility index (Phi) is 4.25. The summed E-state index contributed by atoms with van der Waals surface area (Å²) in [6.45, 7) is 2.05. The van der Waals surface area contributed by atoms with E-state index >= 15 is 0 Å². The minimum atomic E-state index is -3.32. The summed E-state index contributed by atoms with van der Waals surface area (Å²) in [5, 5.41) is 0.252. The fraction of sp³-hybridized carbons (Fsp3) is 0.500. The van der Waals surface area contributed by atoms with Gasteiger partial charge in [-0.3, -0.25) is 9.52 Å². The number of carbonyl (C=O) groups is 1. The molecule has 0 aliphatic heterocycles. The Bertz CT molecular complexity index is 466. The molecule has 0 aliphatic carbocycles. The zero-order chi connectivity index (χ0) is 12.2. The van der Waals surface area contributed by atoms with Crippen LogP contribution in [0.1, 0.15) is 11.8 Å². The zero-order valence-electron chi connectivity index (χ0n) is 8.89. The summed E-state index contributed by atoms with van der Waals surface area (Å²) in [7, 11) is -3.32. The second-order valence-electron chi connectivity index (χ2n) is 2.99. The van der Waals surface area contributed by atoms with Gasteiger partial charge in [0.25, 0.3) is 0 Å². The van der Waals surface area contributed by atoms with Crippen LogP contribution in [0.5, 0.6) is 0 Å². The Hall–Kier alpha value is -1.15. The molecule has 16 heavy (non-hydrogen) atoms. The molecule has 1 heterocycles. The lowest BCUT2D eigenvalue weighted by Gasteiger charge is -1.98. The third kappa shape index (κ3) is 4.58. The Morgan fingerprint density at radius 1 is 1.62 bits per heavy atom. The molecule has 90 valence electrons. The van der Waals surface area contributed by atoms with E-state index in [1.165, 1.54) is 6.20 Å². The second-order valence-corrected chi connectivity index (χ2v) is 5.85. The molecule has 8 heteroatoms. The van der Waals surface area contributed by atoms with Crippen molar-refractivity contribution in [1.29, 1.82) is 0 Å². The van der Waals surface area contributed by atoms with E-state index in [9.17, 15) is 13.2 Å². The quantitative estimate of drug-likeness (QED) is 0.788. The molecule has 0 unspecified atom stereocenters. The van der Waals surface area contributed by atoms with E-state index in [-0.39, 0.29) is 17.5 Å². The number of aromatic nitrogens is 1. The van der Waals surface area contributed by atoms with Gasteiger partial charge in [0, 0.05) is 11.1 Å². The molecule has 0 fully saturated rings. The number of esters is 1. The molecule has 0 aliphatic rings. The Morgan fingerprint density at radius 3 is 2.88 bits per heavy atom. The lowest BCUT2D eigenvalue weighted by molar-refractivity contribution is -0.142. The van der Waals surface area contributed by atoms with Crippen LogP contribution in [0, 0.1) is 0 Å². The van der Waals surface area contributed by atoms with Gasteiger partial charge in [0.1, 0.15) is 0 Å². The van der Waals surface area contributed by atoms with Gasteiger partial charge in [-0.1, -0.05) is 0 Å². The first-order valence-electron chi connectivity index (χ1n) is 4.49. The SMILES string of the molecule is CCOC(=O)Cc1cnc(NS(C)(=O)=O)s1. The van der Waals surface area contributed by atoms with Gasteiger partial charge < -0.3 is 4.74 Å². The van der Waals surface area contributed by atoms with Gasteiger partial charge in [0.05, 0.1) is 19.3 Å². The van der Waals surface area contributed by atoms with E-state index < -0.39 is 10.0 Å². The normalized spacial score (nSPS) is 11.1. The molecule has 0 amide bonds. The highest BCUT2D eigenvalue weighted by atomic mass is 32.2. The number of sulfonamides is 1. The highest BCUT2D eigenvalue weighted by molar-refractivity contribution is 7.92. The Morgan fingerprint density at radius 2 is 2.31 bits per heavy atom. The summed E-state index contributed by atoms with van der Waals surface area (Å²) in [5.41, 5.74) is 0. The van der Waals surface area contributed by atoms with Crippen LogP contribution in [0.4, 0.5) is 5.13 Å². The first-order chi connectivity index (χ1) is 7.40. The van der Waals surface area contributed by atoms with Crippen LogP contribution in [-0.4, -0.2) is 32.2 Å². The minimum absolute atomic E-state index is 0.108. The number of thiazole rings is 1. The van der Waals surface area contributed by atoms with E-state index in [1.807, 2.05) is 0 Å². The van der Waals surface area contributed by atoms with Gasteiger partial charge in [0.15, 0.2) is 5.13 Å². The van der Waals surface area contributed by atoms with Gasteiger partial charge in [-0.2, -0.15) is 0 Å². The fourth-order valence-corrected chi connectivity index (χ4v) is 2.59. The number of ether oxygens (including phenoxy) is 1. The van der Waals surface area contributed by atoms with Crippen LogP contribution in [0.15, 0.2) is 6.20 Å². The third-order valence-electron chi connectivity index (χ3n) is 1.45. The molecule has 0 bridgehead atoms. The maximum absolute atomic E-state index is 11.1. The topological polar surface area (TPSA) is 85.4 Å². The van der Waals surface area contributed by atoms with Crippen molar-refractivity contribution in [3.8, 4) is 0 Å². The number of nitrogens with zero attached hydrogens (tertiary/aromatic N) is 1. The molecule has 0 saturated heterocycles. The highest BCUT2D eigenvalue weighted by Crippen LogP contribution is 2.19. The molecule has 1 aromatic heterocycles. The number of hydrogen-bond acceptors (Lipinski definition) is 6. The van der Waals surface area contributed by atoms with Crippen molar-refractivity contribution in [3.05, 3.63) is 11.1 Å². The Labute approximate surface area is 97.7 Å². The summed E-state index contributed by atoms with van der Waals surface area (Å²) < 4.78 is 28.8. The lowest BCUT2D eigenvalue weighted by atomic mass is 10.4. The lowest BCUT2D eigenvalue weighted by Crippen LogP contribution is -2.08. The molecule has 6 nitrogen and oxygen atoms in total. The largest absolute Gasteiger partial charge is 0.466 e. The number of carbonyl (C=O) groups excluding carboxylic acids is 1. The van der Waals surface area contributed by atoms with E-state index in [2.05, 4.69) is 9.71 Å². The first kappa shape index (κ1) is 12.9. The van der Waals surface area contributed by atoms with Crippen LogP contribution >= 0.6 is 11.3 Å². The number of anilines is 1. The minimum Gasteiger partial charge on any atom is -0.466 e. The van der Waals surface area contributed by atoms with Crippen LogP contribution in [0.2, 0.25) is 0 Å². The molecular weight excluding hydrogens is 252 g/mol. The molecule has 1 N–H and O–H groups in total. The van der Waals surface area contributed by atoms with Gasteiger partial charge in [0.2, 0.25) is 10.0 Å². The first-order valence-corrected chi connectivity index (χ1v) is 7.19. The summed E-state index contributed by atoms with van der Waals surface area (Å²) >= 11 is 1.11. The smallest absolute Gasteiger partial charge is 0.311 e. The molecule has 1 rings (SSSR count). The van der Waals surface area contributed by atoms with Crippen molar-refractivity contribution in [2.75, 3.05) is 17.6 Å². The molecule has 0 spiro atoms. The summed E-state index contributed by atoms with van der Waals surface area (Å²) in [4.78, 5) is 15.6. The van der Waals surface area contributed by atoms with Crippen LogP contribution < -0.4 is 4.72 Å². The zero-order valence-corrected chi connectivity index (χ0v) is 10.5. The highest BCUT2D eigenvalue weighted by Gasteiger charge is 2.10. The standard InChI is InChI=1S/C8H12N2O4S2/c1-3-14-7(11)4-6-5-9-8(15-6)10-16(2,12)13/h5H,3-4H2,1-2H3,(H,9,10). The average molecular weight is 264 g/mol. The molecular formula is C8H12N2O4S2. The van der Waals surface area contributed by atoms with E-state index in [0.717, 1.165) is 17.6 Å². The van der Waals surface area contributed by atoms with Gasteiger partial charge >= 0.3 is 5.97 Å². The summed E-state index contributed by atoms with van der Waals surface area (Å²) in [6.07, 6.45) is 2.60. The van der Waals surface area contributed by atoms with Gasteiger partial charge in [-0.25, -0.2) is 13.4 Å². The molecule has 0 saturated carbocycles. The van der Waals surface area contributed by atoms with Crippen molar-refractivity contribution in [3.63, 3.8) is 0 Å². The van der Waals surface area contributed by atoms with E-state index in [0.29, 0.717) is 11.5 Å². The van der Waals surface area contributed by atoms with Crippen LogP contribution in [0.25, 0.3) is 0 Å². The maximum Gasteiger partial charge on any atom is 0.311 e.